The van der Waals surface area contributed by atoms with E-state index in [1.807, 2.05) is 0 Å². The van der Waals surface area contributed by atoms with E-state index in [0.717, 1.165) is 12.3 Å². The second-order valence-corrected chi connectivity index (χ2v) is 7.18. The molecule has 0 spiro atoms. The van der Waals surface area contributed by atoms with E-state index in [1.165, 1.54) is 48.5 Å². The van der Waals surface area contributed by atoms with Crippen LogP contribution in [0.25, 0.3) is 6.08 Å². The van der Waals surface area contributed by atoms with Crippen LogP contribution in [-0.4, -0.2) is 20.6 Å². The van der Waals surface area contributed by atoms with Crippen molar-refractivity contribution in [3.63, 3.8) is 0 Å². The van der Waals surface area contributed by atoms with E-state index < -0.39 is 21.6 Å². The van der Waals surface area contributed by atoms with Gasteiger partial charge in [-0.05, 0) is 42.5 Å². The molecule has 1 N–H and O–H groups in total. The first-order valence-corrected chi connectivity index (χ1v) is 8.77. The fourth-order valence-electron chi connectivity index (χ4n) is 1.80. The number of carbonyl (C=O) groups excluding carboxylic acids is 1. The third-order valence-electron chi connectivity index (χ3n) is 2.95. The van der Waals surface area contributed by atoms with Crippen LogP contribution in [0.5, 0.6) is 0 Å². The van der Waals surface area contributed by atoms with Gasteiger partial charge in [-0.1, -0.05) is 17.7 Å². The molecule has 0 aromatic heterocycles. The summed E-state index contributed by atoms with van der Waals surface area (Å²) in [5.74, 6) is -1.02. The SMILES string of the molecule is CS(=O)(=O)c1ccc(NC(=O)/C=C/c2c(F)cccc2Cl)cc1. The van der Waals surface area contributed by atoms with Crippen molar-refractivity contribution in [2.24, 2.45) is 0 Å². The molecule has 2 rings (SSSR count). The predicted octanol–water partition coefficient (Wildman–Crippen LogP) is 3.53. The topological polar surface area (TPSA) is 63.2 Å². The van der Waals surface area contributed by atoms with Crippen molar-refractivity contribution in [3.05, 3.63) is 64.9 Å². The Kier molecular flexibility index (Phi) is 5.18. The van der Waals surface area contributed by atoms with Crippen LogP contribution in [0.3, 0.4) is 0 Å². The molecule has 2 aromatic carbocycles. The Morgan fingerprint density at radius 1 is 1.17 bits per heavy atom. The lowest BCUT2D eigenvalue weighted by molar-refractivity contribution is -0.111. The van der Waals surface area contributed by atoms with Crippen LogP contribution in [0.15, 0.2) is 53.4 Å². The largest absolute Gasteiger partial charge is 0.323 e. The minimum Gasteiger partial charge on any atom is -0.323 e. The molecule has 0 aliphatic rings. The van der Waals surface area contributed by atoms with Gasteiger partial charge in [-0.3, -0.25) is 4.79 Å². The minimum atomic E-state index is -3.29. The highest BCUT2D eigenvalue weighted by atomic mass is 35.5. The van der Waals surface area contributed by atoms with E-state index in [4.69, 9.17) is 11.6 Å². The van der Waals surface area contributed by atoms with Gasteiger partial charge < -0.3 is 5.32 Å². The molecule has 2 aromatic rings. The molecule has 0 bridgehead atoms. The Hall–Kier alpha value is -2.18. The van der Waals surface area contributed by atoms with Gasteiger partial charge in [-0.15, -0.1) is 0 Å². The normalized spacial score (nSPS) is 11.6. The lowest BCUT2D eigenvalue weighted by Crippen LogP contribution is -2.08. The van der Waals surface area contributed by atoms with E-state index in [1.54, 1.807) is 0 Å². The Morgan fingerprint density at radius 3 is 2.39 bits per heavy atom. The minimum absolute atomic E-state index is 0.122. The molecular weight excluding hydrogens is 341 g/mol. The first-order valence-electron chi connectivity index (χ1n) is 6.50. The van der Waals surface area contributed by atoms with Crippen LogP contribution in [0.1, 0.15) is 5.56 Å². The summed E-state index contributed by atoms with van der Waals surface area (Å²) in [5.41, 5.74) is 0.545. The molecule has 23 heavy (non-hydrogen) atoms. The zero-order valence-electron chi connectivity index (χ0n) is 12.1. The number of carbonyl (C=O) groups is 1. The maximum Gasteiger partial charge on any atom is 0.248 e. The van der Waals surface area contributed by atoms with Crippen molar-refractivity contribution in [2.45, 2.75) is 4.90 Å². The lowest BCUT2D eigenvalue weighted by Gasteiger charge is -2.04. The summed E-state index contributed by atoms with van der Waals surface area (Å²) in [7, 11) is -3.29. The first kappa shape index (κ1) is 17.2. The second kappa shape index (κ2) is 6.93. The highest BCUT2D eigenvalue weighted by Gasteiger charge is 2.07. The van der Waals surface area contributed by atoms with Gasteiger partial charge in [0.2, 0.25) is 5.91 Å². The van der Waals surface area contributed by atoms with Gasteiger partial charge in [-0.2, -0.15) is 0 Å². The van der Waals surface area contributed by atoms with Crippen molar-refractivity contribution in [1.82, 2.24) is 0 Å². The number of nitrogens with one attached hydrogen (secondary N) is 1. The van der Waals surface area contributed by atoms with Gasteiger partial charge >= 0.3 is 0 Å². The van der Waals surface area contributed by atoms with E-state index in [-0.39, 0.29) is 15.5 Å². The lowest BCUT2D eigenvalue weighted by atomic mass is 10.2. The molecule has 0 unspecified atom stereocenters. The molecule has 7 heteroatoms. The maximum absolute atomic E-state index is 13.6. The van der Waals surface area contributed by atoms with E-state index in [0.29, 0.717) is 5.69 Å². The number of hydrogen-bond donors (Lipinski definition) is 1. The molecule has 0 fully saturated rings. The number of rotatable bonds is 4. The summed E-state index contributed by atoms with van der Waals surface area (Å²) < 4.78 is 36.2. The third kappa shape index (κ3) is 4.64. The van der Waals surface area contributed by atoms with Crippen molar-refractivity contribution in [1.29, 1.82) is 0 Å². The zero-order chi connectivity index (χ0) is 17.0. The number of sulfone groups is 1. The second-order valence-electron chi connectivity index (χ2n) is 4.75. The summed E-state index contributed by atoms with van der Waals surface area (Å²) in [4.78, 5) is 12.0. The van der Waals surface area contributed by atoms with Crippen LogP contribution < -0.4 is 5.32 Å². The molecule has 0 saturated heterocycles. The van der Waals surface area contributed by atoms with Crippen molar-refractivity contribution in [3.8, 4) is 0 Å². The van der Waals surface area contributed by atoms with Gasteiger partial charge in [0.05, 0.1) is 9.92 Å². The molecule has 4 nitrogen and oxygen atoms in total. The quantitative estimate of drug-likeness (QED) is 0.855. The standard InChI is InChI=1S/C16H13ClFNO3S/c1-23(21,22)12-7-5-11(6-8-12)19-16(20)10-9-13-14(17)3-2-4-15(13)18/h2-10H,1H3,(H,19,20)/b10-9+. The molecule has 0 atom stereocenters. The predicted molar refractivity (Wildman–Crippen MR) is 88.6 cm³/mol. The monoisotopic (exact) mass is 353 g/mol. The summed E-state index contributed by atoms with van der Waals surface area (Å²) in [6.07, 6.45) is 3.52. The van der Waals surface area contributed by atoms with Crippen LogP contribution in [0.4, 0.5) is 10.1 Å². The van der Waals surface area contributed by atoms with E-state index in [2.05, 4.69) is 5.32 Å². The first-order chi connectivity index (χ1) is 10.8. The molecule has 0 heterocycles. The smallest absolute Gasteiger partial charge is 0.248 e. The Morgan fingerprint density at radius 2 is 1.83 bits per heavy atom. The van der Waals surface area contributed by atoms with Gasteiger partial charge in [0.15, 0.2) is 9.84 Å². The van der Waals surface area contributed by atoms with Crippen LogP contribution in [0, 0.1) is 5.82 Å². The van der Waals surface area contributed by atoms with Crippen LogP contribution >= 0.6 is 11.6 Å². The third-order valence-corrected chi connectivity index (χ3v) is 4.41. The number of amides is 1. The Bertz CT molecular complexity index is 841. The summed E-state index contributed by atoms with van der Waals surface area (Å²) in [6, 6.07) is 9.96. The number of hydrogen-bond acceptors (Lipinski definition) is 3. The summed E-state index contributed by atoms with van der Waals surface area (Å²) >= 11 is 5.85. The zero-order valence-corrected chi connectivity index (χ0v) is 13.7. The fourth-order valence-corrected chi connectivity index (χ4v) is 2.65. The molecule has 0 aliphatic carbocycles. The Balaban J connectivity index is 2.09. The van der Waals surface area contributed by atoms with Crippen LogP contribution in [0.2, 0.25) is 5.02 Å². The van der Waals surface area contributed by atoms with E-state index >= 15 is 0 Å². The van der Waals surface area contributed by atoms with Crippen molar-refractivity contribution < 1.29 is 17.6 Å². The molecule has 0 aliphatic heterocycles. The van der Waals surface area contributed by atoms with Crippen LogP contribution in [-0.2, 0) is 14.6 Å². The van der Waals surface area contributed by atoms with Gasteiger partial charge in [0.1, 0.15) is 5.82 Å². The summed E-state index contributed by atoms with van der Waals surface area (Å²) in [5, 5.41) is 2.74. The number of anilines is 1. The van der Waals surface area contributed by atoms with Gasteiger partial charge in [-0.25, -0.2) is 12.8 Å². The average Bonchev–Trinajstić information content (AvgIpc) is 2.46. The summed E-state index contributed by atoms with van der Waals surface area (Å²) in [6.45, 7) is 0. The Labute approximate surface area is 138 Å². The molecule has 0 saturated carbocycles. The van der Waals surface area contributed by atoms with Gasteiger partial charge in [0, 0.05) is 23.6 Å². The van der Waals surface area contributed by atoms with E-state index in [9.17, 15) is 17.6 Å². The number of halogens is 2. The fraction of sp³-hybridized carbons (Fsp3) is 0.0625. The number of benzene rings is 2. The maximum atomic E-state index is 13.6. The average molecular weight is 354 g/mol. The highest BCUT2D eigenvalue weighted by molar-refractivity contribution is 7.90. The molecule has 120 valence electrons. The van der Waals surface area contributed by atoms with Crippen molar-refractivity contribution >= 4 is 39.1 Å². The molecule has 1 amide bonds. The van der Waals surface area contributed by atoms with Crippen molar-refractivity contribution in [2.75, 3.05) is 11.6 Å². The van der Waals surface area contributed by atoms with Gasteiger partial charge in [0.25, 0.3) is 0 Å². The highest BCUT2D eigenvalue weighted by Crippen LogP contribution is 2.20. The molecular formula is C16H13ClFNO3S. The molecule has 0 radical (unpaired) electrons.